The largest absolute Gasteiger partial charge is 0.384 e. The maximum absolute atomic E-state index is 3.70. The number of nitrogens with one attached hydrogen (secondary N) is 2. The summed E-state index contributed by atoms with van der Waals surface area (Å²) in [5.74, 6) is 0.785. The summed E-state index contributed by atoms with van der Waals surface area (Å²) in [6.45, 7) is 3.48. The van der Waals surface area contributed by atoms with Gasteiger partial charge in [-0.3, -0.25) is 0 Å². The molecule has 1 saturated heterocycles. The van der Waals surface area contributed by atoms with Gasteiger partial charge in [-0.05, 0) is 56.8 Å². The van der Waals surface area contributed by atoms with Crippen molar-refractivity contribution >= 4 is 17.4 Å². The Balaban J connectivity index is 1.57. The maximum atomic E-state index is 3.70. The molecule has 0 spiro atoms. The summed E-state index contributed by atoms with van der Waals surface area (Å²) < 4.78 is 0. The summed E-state index contributed by atoms with van der Waals surface area (Å²) in [4.78, 5) is 1.45. The molecule has 1 aromatic carbocycles. The van der Waals surface area contributed by atoms with Crippen LogP contribution >= 0.6 is 11.8 Å². The van der Waals surface area contributed by atoms with Gasteiger partial charge < -0.3 is 10.6 Å². The minimum atomic E-state index is 0.785. The first kappa shape index (κ1) is 14.3. The standard InChI is InChI=1S/C17H26N2S/c1-2-8-15(7-1)20-17-10-4-3-9-16(17)19-13-14-6-5-11-18-12-14/h3-4,9-10,14-15,18-19H,1-2,5-8,11-13H2. The molecular weight excluding hydrogens is 264 g/mol. The van der Waals surface area contributed by atoms with Gasteiger partial charge >= 0.3 is 0 Å². The zero-order valence-corrected chi connectivity index (χ0v) is 13.1. The molecule has 3 rings (SSSR count). The third kappa shape index (κ3) is 3.92. The number of benzene rings is 1. The van der Waals surface area contributed by atoms with E-state index in [2.05, 4.69) is 46.7 Å². The molecule has 3 heteroatoms. The highest BCUT2D eigenvalue weighted by Crippen LogP contribution is 2.38. The molecule has 1 unspecified atom stereocenters. The summed E-state index contributed by atoms with van der Waals surface area (Å²) in [6, 6.07) is 8.85. The molecule has 1 aromatic rings. The maximum Gasteiger partial charge on any atom is 0.0478 e. The van der Waals surface area contributed by atoms with Crippen molar-refractivity contribution in [2.45, 2.75) is 48.7 Å². The van der Waals surface area contributed by atoms with Crippen LogP contribution in [0.5, 0.6) is 0 Å². The average Bonchev–Trinajstić information content (AvgIpc) is 3.00. The summed E-state index contributed by atoms with van der Waals surface area (Å²) in [5.41, 5.74) is 1.34. The monoisotopic (exact) mass is 290 g/mol. The smallest absolute Gasteiger partial charge is 0.0478 e. The first-order chi connectivity index (χ1) is 9.92. The topological polar surface area (TPSA) is 24.1 Å². The molecule has 1 atom stereocenters. The Bertz CT molecular complexity index is 409. The molecular formula is C17H26N2S. The third-order valence-corrected chi connectivity index (χ3v) is 5.88. The zero-order valence-electron chi connectivity index (χ0n) is 12.2. The van der Waals surface area contributed by atoms with E-state index in [1.54, 1.807) is 0 Å². The van der Waals surface area contributed by atoms with Crippen molar-refractivity contribution in [3.05, 3.63) is 24.3 Å². The molecule has 2 aliphatic rings. The van der Waals surface area contributed by atoms with Gasteiger partial charge in [0.1, 0.15) is 0 Å². The number of anilines is 1. The van der Waals surface area contributed by atoms with Gasteiger partial charge in [0.05, 0.1) is 0 Å². The van der Waals surface area contributed by atoms with Crippen LogP contribution in [0.3, 0.4) is 0 Å². The van der Waals surface area contributed by atoms with Gasteiger partial charge in [-0.25, -0.2) is 0 Å². The van der Waals surface area contributed by atoms with Crippen LogP contribution < -0.4 is 10.6 Å². The van der Waals surface area contributed by atoms with Crippen molar-refractivity contribution in [1.82, 2.24) is 5.32 Å². The van der Waals surface area contributed by atoms with Crippen molar-refractivity contribution in [2.75, 3.05) is 25.0 Å². The van der Waals surface area contributed by atoms with E-state index in [0.717, 1.165) is 17.7 Å². The number of rotatable bonds is 5. The number of thioether (sulfide) groups is 1. The minimum absolute atomic E-state index is 0.785. The fourth-order valence-corrected chi connectivity index (χ4v) is 4.61. The summed E-state index contributed by atoms with van der Waals surface area (Å²) >= 11 is 2.09. The average molecular weight is 290 g/mol. The van der Waals surface area contributed by atoms with Crippen LogP contribution in [0.4, 0.5) is 5.69 Å². The zero-order chi connectivity index (χ0) is 13.6. The second-order valence-corrected chi connectivity index (χ2v) is 7.46. The van der Waals surface area contributed by atoms with E-state index in [1.807, 2.05) is 0 Å². The molecule has 0 radical (unpaired) electrons. The van der Waals surface area contributed by atoms with E-state index in [9.17, 15) is 0 Å². The first-order valence-electron chi connectivity index (χ1n) is 8.12. The lowest BCUT2D eigenvalue weighted by Crippen LogP contribution is -2.33. The molecule has 1 heterocycles. The lowest BCUT2D eigenvalue weighted by atomic mass is 10.00. The van der Waals surface area contributed by atoms with Crippen LogP contribution in [0, 0.1) is 5.92 Å². The Labute approximate surface area is 127 Å². The van der Waals surface area contributed by atoms with Crippen LogP contribution in [0.1, 0.15) is 38.5 Å². The van der Waals surface area contributed by atoms with Crippen LogP contribution in [-0.2, 0) is 0 Å². The molecule has 1 aliphatic heterocycles. The number of piperidine rings is 1. The predicted molar refractivity (Wildman–Crippen MR) is 88.6 cm³/mol. The van der Waals surface area contributed by atoms with Crippen LogP contribution in [0.25, 0.3) is 0 Å². The van der Waals surface area contributed by atoms with Crippen molar-refractivity contribution in [1.29, 1.82) is 0 Å². The van der Waals surface area contributed by atoms with E-state index in [1.165, 1.54) is 62.2 Å². The SMILES string of the molecule is c1ccc(SC2CCCC2)c(NCC2CCCNC2)c1. The predicted octanol–water partition coefficient (Wildman–Crippen LogP) is 4.13. The molecule has 1 aliphatic carbocycles. The van der Waals surface area contributed by atoms with Crippen molar-refractivity contribution in [3.8, 4) is 0 Å². The molecule has 1 saturated carbocycles. The third-order valence-electron chi connectivity index (χ3n) is 4.46. The van der Waals surface area contributed by atoms with Crippen molar-refractivity contribution < 1.29 is 0 Å². The normalized spacial score (nSPS) is 23.9. The number of para-hydroxylation sites is 1. The van der Waals surface area contributed by atoms with Gasteiger partial charge in [-0.1, -0.05) is 25.0 Å². The molecule has 2 nitrogen and oxygen atoms in total. The molecule has 2 fully saturated rings. The van der Waals surface area contributed by atoms with E-state index in [-0.39, 0.29) is 0 Å². The van der Waals surface area contributed by atoms with Crippen LogP contribution in [-0.4, -0.2) is 24.9 Å². The fraction of sp³-hybridized carbons (Fsp3) is 0.647. The van der Waals surface area contributed by atoms with E-state index < -0.39 is 0 Å². The molecule has 0 bridgehead atoms. The summed E-state index contributed by atoms with van der Waals surface area (Å²) in [6.07, 6.45) is 8.31. The molecule has 110 valence electrons. The summed E-state index contributed by atoms with van der Waals surface area (Å²) in [5, 5.41) is 8.04. The molecule has 0 amide bonds. The van der Waals surface area contributed by atoms with Gasteiger partial charge in [0.15, 0.2) is 0 Å². The van der Waals surface area contributed by atoms with E-state index >= 15 is 0 Å². The van der Waals surface area contributed by atoms with Gasteiger partial charge in [0.25, 0.3) is 0 Å². The van der Waals surface area contributed by atoms with Gasteiger partial charge in [0, 0.05) is 22.4 Å². The first-order valence-corrected chi connectivity index (χ1v) is 9.00. The highest BCUT2D eigenvalue weighted by atomic mass is 32.2. The second-order valence-electron chi connectivity index (χ2n) is 6.11. The Morgan fingerprint density at radius 1 is 1.10 bits per heavy atom. The Hall–Kier alpha value is -0.670. The van der Waals surface area contributed by atoms with Gasteiger partial charge in [-0.2, -0.15) is 0 Å². The highest BCUT2D eigenvalue weighted by Gasteiger charge is 2.18. The fourth-order valence-electron chi connectivity index (χ4n) is 3.25. The molecule has 20 heavy (non-hydrogen) atoms. The van der Waals surface area contributed by atoms with Crippen LogP contribution in [0.15, 0.2) is 29.2 Å². The van der Waals surface area contributed by atoms with E-state index in [0.29, 0.717) is 0 Å². The lowest BCUT2D eigenvalue weighted by molar-refractivity contribution is 0.393. The lowest BCUT2D eigenvalue weighted by Gasteiger charge is -2.24. The van der Waals surface area contributed by atoms with Gasteiger partial charge in [0.2, 0.25) is 0 Å². The minimum Gasteiger partial charge on any atom is -0.384 e. The molecule has 0 aromatic heterocycles. The Morgan fingerprint density at radius 2 is 1.95 bits per heavy atom. The van der Waals surface area contributed by atoms with Crippen LogP contribution in [0.2, 0.25) is 0 Å². The second kappa shape index (κ2) is 7.37. The van der Waals surface area contributed by atoms with E-state index in [4.69, 9.17) is 0 Å². The Kier molecular flexibility index (Phi) is 5.26. The quantitative estimate of drug-likeness (QED) is 0.852. The molecule has 2 N–H and O–H groups in total. The van der Waals surface area contributed by atoms with Gasteiger partial charge in [-0.15, -0.1) is 11.8 Å². The number of hydrogen-bond acceptors (Lipinski definition) is 3. The van der Waals surface area contributed by atoms with Crippen molar-refractivity contribution in [2.24, 2.45) is 5.92 Å². The Morgan fingerprint density at radius 3 is 2.75 bits per heavy atom. The highest BCUT2D eigenvalue weighted by molar-refractivity contribution is 8.00. The number of hydrogen-bond donors (Lipinski definition) is 2. The summed E-state index contributed by atoms with van der Waals surface area (Å²) in [7, 11) is 0. The van der Waals surface area contributed by atoms with Crippen molar-refractivity contribution in [3.63, 3.8) is 0 Å².